The van der Waals surface area contributed by atoms with Crippen LogP contribution in [0.1, 0.15) is 56.8 Å². The normalized spacial score (nSPS) is 18.0. The minimum Gasteiger partial charge on any atom is -0.507 e. The summed E-state index contributed by atoms with van der Waals surface area (Å²) in [7, 11) is 3.02. The highest BCUT2D eigenvalue weighted by atomic mass is 16.5. The predicted molar refractivity (Wildman–Crippen MR) is 126 cm³/mol. The third kappa shape index (κ3) is 4.40. The van der Waals surface area contributed by atoms with Gasteiger partial charge in [-0.2, -0.15) is 0 Å². The predicted octanol–water partition coefficient (Wildman–Crippen LogP) is 4.54. The van der Waals surface area contributed by atoms with Crippen LogP contribution >= 0.6 is 0 Å². The van der Waals surface area contributed by atoms with Gasteiger partial charge in [-0.1, -0.05) is 33.8 Å². The van der Waals surface area contributed by atoms with E-state index in [4.69, 9.17) is 9.47 Å². The van der Waals surface area contributed by atoms with E-state index in [1.54, 1.807) is 37.4 Å². The number of amides is 1. The fourth-order valence-corrected chi connectivity index (χ4v) is 4.17. The van der Waals surface area contributed by atoms with Gasteiger partial charge in [-0.05, 0) is 47.7 Å². The van der Waals surface area contributed by atoms with E-state index < -0.39 is 17.7 Å². The maximum absolute atomic E-state index is 13.1. The molecule has 1 aliphatic heterocycles. The van der Waals surface area contributed by atoms with Crippen LogP contribution in [0.3, 0.4) is 0 Å². The number of ketones is 1. The molecule has 3 rings (SSSR count). The van der Waals surface area contributed by atoms with Crippen LogP contribution in [-0.4, -0.2) is 47.6 Å². The third-order valence-corrected chi connectivity index (χ3v) is 5.80. The Morgan fingerprint density at radius 1 is 1.03 bits per heavy atom. The fraction of sp³-hybridized carbons (Fsp3) is 0.385. The fourth-order valence-electron chi connectivity index (χ4n) is 4.17. The van der Waals surface area contributed by atoms with Gasteiger partial charge in [0.05, 0.1) is 25.8 Å². The van der Waals surface area contributed by atoms with Crippen molar-refractivity contribution in [3.8, 4) is 17.2 Å². The Balaban J connectivity index is 2.24. The number of aromatic hydroxyl groups is 1. The number of Topliss-reactive ketones (excluding diaryl/α,β-unsaturated/α-hetero) is 1. The van der Waals surface area contributed by atoms with Crippen LogP contribution in [0.2, 0.25) is 0 Å². The highest BCUT2D eigenvalue weighted by molar-refractivity contribution is 6.46. The van der Waals surface area contributed by atoms with E-state index >= 15 is 0 Å². The number of methoxy groups -OCH3 is 2. The Labute approximate surface area is 194 Å². The average Bonchev–Trinajstić information content (AvgIpc) is 3.02. The molecule has 1 heterocycles. The standard InChI is InChI=1S/C26H31NO6/c1-7-12-27-22(15-8-11-20(33-6)18(28)14-15)21(24(30)25(27)31)23(29)16-9-10-19(32-5)17(13-16)26(2,3)4/h8-11,13-14,22,28-29H,7,12H2,1-6H3/b23-21-. The zero-order chi connectivity index (χ0) is 24.5. The van der Waals surface area contributed by atoms with Gasteiger partial charge in [0, 0.05) is 17.7 Å². The molecule has 1 aliphatic rings. The van der Waals surface area contributed by atoms with Crippen LogP contribution in [0.4, 0.5) is 0 Å². The highest BCUT2D eigenvalue weighted by Crippen LogP contribution is 2.42. The Bertz CT molecular complexity index is 1110. The zero-order valence-corrected chi connectivity index (χ0v) is 19.9. The SMILES string of the molecule is CCCN1C(=O)C(=O)/C(=C(\O)c2ccc(OC)c(C(C)(C)C)c2)C1c1ccc(OC)c(O)c1. The first-order valence-electron chi connectivity index (χ1n) is 10.9. The van der Waals surface area contributed by atoms with Crippen LogP contribution in [0.25, 0.3) is 5.76 Å². The number of aliphatic hydroxyl groups is 1. The van der Waals surface area contributed by atoms with Gasteiger partial charge in [-0.15, -0.1) is 0 Å². The van der Waals surface area contributed by atoms with Gasteiger partial charge in [0.15, 0.2) is 11.5 Å². The second kappa shape index (κ2) is 9.17. The summed E-state index contributed by atoms with van der Waals surface area (Å²) in [6, 6.07) is 9.07. The number of benzene rings is 2. The first kappa shape index (κ1) is 24.2. The Hall–Kier alpha value is -3.48. The molecule has 176 valence electrons. The molecule has 1 atom stereocenters. The van der Waals surface area contributed by atoms with Crippen molar-refractivity contribution in [1.82, 2.24) is 4.90 Å². The number of nitrogens with zero attached hydrogens (tertiary/aromatic N) is 1. The summed E-state index contributed by atoms with van der Waals surface area (Å²) in [5, 5.41) is 21.6. The minimum atomic E-state index is -0.832. The van der Waals surface area contributed by atoms with E-state index in [1.807, 2.05) is 27.7 Å². The molecule has 7 heteroatoms. The van der Waals surface area contributed by atoms with Crippen molar-refractivity contribution in [1.29, 1.82) is 0 Å². The van der Waals surface area contributed by atoms with Crippen molar-refractivity contribution in [3.63, 3.8) is 0 Å². The number of hydrogen-bond donors (Lipinski definition) is 2. The summed E-state index contributed by atoms with van der Waals surface area (Å²) < 4.78 is 10.6. The molecule has 1 saturated heterocycles. The Kier molecular flexibility index (Phi) is 6.72. The molecule has 1 fully saturated rings. The van der Waals surface area contributed by atoms with Crippen LogP contribution in [0, 0.1) is 0 Å². The number of hydrogen-bond acceptors (Lipinski definition) is 6. The van der Waals surface area contributed by atoms with Gasteiger partial charge < -0.3 is 24.6 Å². The quantitative estimate of drug-likeness (QED) is 0.379. The van der Waals surface area contributed by atoms with Gasteiger partial charge >= 0.3 is 0 Å². The summed E-state index contributed by atoms with van der Waals surface area (Å²) in [4.78, 5) is 27.4. The van der Waals surface area contributed by atoms with E-state index in [1.165, 1.54) is 18.1 Å². The van der Waals surface area contributed by atoms with Gasteiger partial charge in [0.1, 0.15) is 11.5 Å². The second-order valence-electron chi connectivity index (χ2n) is 9.09. The van der Waals surface area contributed by atoms with Gasteiger partial charge in [-0.3, -0.25) is 9.59 Å². The maximum atomic E-state index is 13.1. The molecule has 33 heavy (non-hydrogen) atoms. The molecular formula is C26H31NO6. The first-order chi connectivity index (χ1) is 15.5. The molecule has 1 unspecified atom stereocenters. The van der Waals surface area contributed by atoms with Gasteiger partial charge in [0.25, 0.3) is 11.7 Å². The molecule has 2 aromatic rings. The van der Waals surface area contributed by atoms with Crippen LogP contribution < -0.4 is 9.47 Å². The minimum absolute atomic E-state index is 0.0111. The molecular weight excluding hydrogens is 422 g/mol. The van der Waals surface area contributed by atoms with Crippen molar-refractivity contribution in [2.24, 2.45) is 0 Å². The molecule has 0 aliphatic carbocycles. The Morgan fingerprint density at radius 3 is 2.21 bits per heavy atom. The molecule has 1 amide bonds. The zero-order valence-electron chi connectivity index (χ0n) is 19.9. The van der Waals surface area contributed by atoms with E-state index in [-0.39, 0.29) is 28.2 Å². The average molecular weight is 454 g/mol. The molecule has 7 nitrogen and oxygen atoms in total. The lowest BCUT2D eigenvalue weighted by Crippen LogP contribution is -2.30. The lowest BCUT2D eigenvalue weighted by atomic mass is 9.84. The molecule has 2 aromatic carbocycles. The van der Waals surface area contributed by atoms with Crippen LogP contribution in [0.15, 0.2) is 42.0 Å². The summed E-state index contributed by atoms with van der Waals surface area (Å²) in [6.45, 7) is 8.30. The number of carbonyl (C=O) groups is 2. The summed E-state index contributed by atoms with van der Waals surface area (Å²) in [6.07, 6.45) is 0.627. The topological polar surface area (TPSA) is 96.3 Å². The van der Waals surface area contributed by atoms with Gasteiger partial charge in [0.2, 0.25) is 0 Å². The number of phenolic OH excluding ortho intramolecular Hbond substituents is 1. The van der Waals surface area contributed by atoms with Crippen molar-refractivity contribution >= 4 is 17.4 Å². The smallest absolute Gasteiger partial charge is 0.295 e. The summed E-state index contributed by atoms with van der Waals surface area (Å²) in [5.74, 6) is -0.868. The van der Waals surface area contributed by atoms with Crippen LogP contribution in [-0.2, 0) is 15.0 Å². The summed E-state index contributed by atoms with van der Waals surface area (Å²) >= 11 is 0. The molecule has 0 radical (unpaired) electrons. The Morgan fingerprint density at radius 2 is 1.67 bits per heavy atom. The molecule has 0 aromatic heterocycles. The van der Waals surface area contributed by atoms with Crippen molar-refractivity contribution in [3.05, 3.63) is 58.7 Å². The third-order valence-electron chi connectivity index (χ3n) is 5.80. The number of likely N-dealkylation sites (tertiary alicyclic amines) is 1. The molecule has 2 N–H and O–H groups in total. The van der Waals surface area contributed by atoms with Crippen molar-refractivity contribution in [2.45, 2.75) is 45.6 Å². The first-order valence-corrected chi connectivity index (χ1v) is 10.9. The maximum Gasteiger partial charge on any atom is 0.295 e. The van der Waals surface area contributed by atoms with Gasteiger partial charge in [-0.25, -0.2) is 0 Å². The van der Waals surface area contributed by atoms with E-state index in [2.05, 4.69) is 0 Å². The van der Waals surface area contributed by atoms with E-state index in [0.717, 1.165) is 5.56 Å². The van der Waals surface area contributed by atoms with E-state index in [0.29, 0.717) is 29.8 Å². The number of ether oxygens (including phenoxy) is 2. The monoisotopic (exact) mass is 453 g/mol. The van der Waals surface area contributed by atoms with E-state index in [9.17, 15) is 19.8 Å². The lowest BCUT2D eigenvalue weighted by Gasteiger charge is -2.26. The largest absolute Gasteiger partial charge is 0.507 e. The lowest BCUT2D eigenvalue weighted by molar-refractivity contribution is -0.139. The molecule has 0 bridgehead atoms. The highest BCUT2D eigenvalue weighted by Gasteiger charge is 2.46. The van der Waals surface area contributed by atoms with Crippen LogP contribution in [0.5, 0.6) is 17.2 Å². The van der Waals surface area contributed by atoms with Crippen molar-refractivity contribution < 1.29 is 29.3 Å². The summed E-state index contributed by atoms with van der Waals surface area (Å²) in [5.41, 5.74) is 1.49. The number of rotatable bonds is 6. The number of aliphatic hydroxyl groups excluding tert-OH is 1. The number of carbonyl (C=O) groups excluding carboxylic acids is 2. The molecule has 0 spiro atoms. The van der Waals surface area contributed by atoms with Crippen molar-refractivity contribution in [2.75, 3.05) is 20.8 Å². The second-order valence-corrected chi connectivity index (χ2v) is 9.09. The molecule has 0 saturated carbocycles. The number of phenols is 1.